The molecule has 0 aliphatic carbocycles. The Hall–Kier alpha value is -2.34. The molecular formula is C21H32N6. The molecular weight excluding hydrogens is 336 g/mol. The maximum atomic E-state index is 4.90. The van der Waals surface area contributed by atoms with E-state index < -0.39 is 0 Å². The zero-order valence-electron chi connectivity index (χ0n) is 16.3. The zero-order valence-corrected chi connectivity index (χ0v) is 16.3. The highest BCUT2D eigenvalue weighted by atomic mass is 15.3. The van der Waals surface area contributed by atoms with Crippen molar-refractivity contribution in [1.82, 2.24) is 25.3 Å². The van der Waals surface area contributed by atoms with Gasteiger partial charge >= 0.3 is 0 Å². The van der Waals surface area contributed by atoms with Crippen LogP contribution in [0.25, 0.3) is 0 Å². The molecule has 1 aliphatic heterocycles. The minimum atomic E-state index is 0.355. The molecule has 2 N–H and O–H groups in total. The van der Waals surface area contributed by atoms with Gasteiger partial charge in [-0.05, 0) is 50.9 Å². The first-order valence-electron chi connectivity index (χ1n) is 10.2. The fraction of sp³-hybridized carbons (Fsp3) is 0.524. The molecule has 3 rings (SSSR count). The molecule has 1 unspecified atom stereocenters. The number of aromatic nitrogens is 2. The maximum Gasteiger partial charge on any atom is 0.191 e. The van der Waals surface area contributed by atoms with Gasteiger partial charge in [-0.25, -0.2) is 0 Å². The molecule has 146 valence electrons. The van der Waals surface area contributed by atoms with Crippen LogP contribution >= 0.6 is 0 Å². The first kappa shape index (κ1) is 19.4. The second kappa shape index (κ2) is 10.7. The van der Waals surface area contributed by atoms with Crippen LogP contribution in [0.2, 0.25) is 0 Å². The summed E-state index contributed by atoms with van der Waals surface area (Å²) in [6.07, 6.45) is 7.42. The lowest BCUT2D eigenvalue weighted by molar-refractivity contribution is 0.251. The Balaban J connectivity index is 1.57. The minimum absolute atomic E-state index is 0.355. The van der Waals surface area contributed by atoms with Crippen LogP contribution in [-0.2, 0) is 6.54 Å². The summed E-state index contributed by atoms with van der Waals surface area (Å²) < 4.78 is 1.96. The number of hydrogen-bond donors (Lipinski definition) is 2. The van der Waals surface area contributed by atoms with Gasteiger partial charge in [-0.3, -0.25) is 14.6 Å². The van der Waals surface area contributed by atoms with Crippen molar-refractivity contribution >= 4 is 5.96 Å². The van der Waals surface area contributed by atoms with E-state index in [-0.39, 0.29) is 0 Å². The number of aryl methyl sites for hydroxylation is 1. The number of benzene rings is 1. The van der Waals surface area contributed by atoms with Gasteiger partial charge in [-0.15, -0.1) is 0 Å². The van der Waals surface area contributed by atoms with Crippen molar-refractivity contribution in [2.75, 3.05) is 32.7 Å². The van der Waals surface area contributed by atoms with Crippen molar-refractivity contribution < 1.29 is 0 Å². The predicted octanol–water partition coefficient (Wildman–Crippen LogP) is 2.67. The number of aliphatic imine (C=N–C) groups is 1. The molecule has 1 fully saturated rings. The van der Waals surface area contributed by atoms with Crippen molar-refractivity contribution in [2.24, 2.45) is 4.99 Å². The van der Waals surface area contributed by atoms with Crippen LogP contribution in [0.4, 0.5) is 0 Å². The van der Waals surface area contributed by atoms with Gasteiger partial charge in [0.25, 0.3) is 0 Å². The van der Waals surface area contributed by atoms with Crippen LogP contribution in [0, 0.1) is 0 Å². The van der Waals surface area contributed by atoms with Gasteiger partial charge in [-0.1, -0.05) is 30.3 Å². The molecule has 0 saturated carbocycles. The van der Waals surface area contributed by atoms with Crippen molar-refractivity contribution in [3.05, 3.63) is 54.4 Å². The molecule has 6 heteroatoms. The van der Waals surface area contributed by atoms with E-state index in [1.165, 1.54) is 31.5 Å². The third kappa shape index (κ3) is 6.10. The van der Waals surface area contributed by atoms with Crippen molar-refractivity contribution in [1.29, 1.82) is 0 Å². The van der Waals surface area contributed by atoms with Gasteiger partial charge in [0.2, 0.25) is 0 Å². The number of hydrogen-bond acceptors (Lipinski definition) is 3. The Morgan fingerprint density at radius 2 is 1.96 bits per heavy atom. The topological polar surface area (TPSA) is 57.5 Å². The lowest BCUT2D eigenvalue weighted by Gasteiger charge is -2.27. The molecule has 1 aliphatic rings. The van der Waals surface area contributed by atoms with Crippen LogP contribution in [0.1, 0.15) is 37.8 Å². The van der Waals surface area contributed by atoms with Gasteiger partial charge in [0.1, 0.15) is 0 Å². The highest BCUT2D eigenvalue weighted by Gasteiger charge is 2.23. The number of nitrogens with one attached hydrogen (secondary N) is 2. The van der Waals surface area contributed by atoms with Crippen LogP contribution in [0.15, 0.2) is 53.8 Å². The summed E-state index contributed by atoms with van der Waals surface area (Å²) in [7, 11) is 0. The normalized spacial score (nSPS) is 16.4. The Morgan fingerprint density at radius 3 is 2.67 bits per heavy atom. The molecule has 6 nitrogen and oxygen atoms in total. The summed E-state index contributed by atoms with van der Waals surface area (Å²) in [5, 5.41) is 11.1. The standard InChI is InChI=1S/C21H32N6/c1-2-22-21(23-12-8-16-27-17-9-13-25-27)24-18-20(26-14-6-7-15-26)19-10-4-3-5-11-19/h3-5,9-11,13,17,20H,2,6-8,12,14-16,18H2,1H3,(H2,22,23,24). The van der Waals surface area contributed by atoms with E-state index in [0.29, 0.717) is 6.04 Å². The first-order chi connectivity index (χ1) is 13.4. The second-order valence-corrected chi connectivity index (χ2v) is 6.94. The van der Waals surface area contributed by atoms with Gasteiger partial charge < -0.3 is 10.6 Å². The number of likely N-dealkylation sites (tertiary alicyclic amines) is 1. The Kier molecular flexibility index (Phi) is 7.71. The average molecular weight is 369 g/mol. The highest BCUT2D eigenvalue weighted by Crippen LogP contribution is 2.25. The third-order valence-electron chi connectivity index (χ3n) is 4.95. The molecule has 0 bridgehead atoms. The predicted molar refractivity (Wildman–Crippen MR) is 111 cm³/mol. The molecule has 1 saturated heterocycles. The minimum Gasteiger partial charge on any atom is -0.357 e. The molecule has 27 heavy (non-hydrogen) atoms. The van der Waals surface area contributed by atoms with Gasteiger partial charge in [-0.2, -0.15) is 5.10 Å². The van der Waals surface area contributed by atoms with Gasteiger partial charge in [0, 0.05) is 32.0 Å². The van der Waals surface area contributed by atoms with Crippen LogP contribution in [0.3, 0.4) is 0 Å². The fourth-order valence-electron chi connectivity index (χ4n) is 3.56. The van der Waals surface area contributed by atoms with E-state index in [1.807, 2.05) is 23.1 Å². The van der Waals surface area contributed by atoms with E-state index in [0.717, 1.165) is 38.6 Å². The van der Waals surface area contributed by atoms with E-state index in [1.54, 1.807) is 0 Å². The maximum absolute atomic E-state index is 4.90. The lowest BCUT2D eigenvalue weighted by atomic mass is 10.1. The molecule has 0 radical (unpaired) electrons. The quantitative estimate of drug-likeness (QED) is 0.406. The zero-order chi connectivity index (χ0) is 18.7. The summed E-state index contributed by atoms with van der Waals surface area (Å²) in [6.45, 7) is 7.89. The van der Waals surface area contributed by atoms with Crippen molar-refractivity contribution in [2.45, 2.75) is 38.8 Å². The third-order valence-corrected chi connectivity index (χ3v) is 4.95. The summed E-state index contributed by atoms with van der Waals surface area (Å²) in [4.78, 5) is 7.47. The van der Waals surface area contributed by atoms with E-state index in [9.17, 15) is 0 Å². The molecule has 0 amide bonds. The number of guanidine groups is 1. The largest absolute Gasteiger partial charge is 0.357 e. The molecule has 2 aromatic rings. The van der Waals surface area contributed by atoms with Crippen LogP contribution in [-0.4, -0.2) is 53.4 Å². The van der Waals surface area contributed by atoms with Crippen molar-refractivity contribution in [3.63, 3.8) is 0 Å². The molecule has 2 heterocycles. The molecule has 1 aromatic carbocycles. The summed E-state index contributed by atoms with van der Waals surface area (Å²) in [5.41, 5.74) is 1.36. The van der Waals surface area contributed by atoms with Crippen LogP contribution in [0.5, 0.6) is 0 Å². The molecule has 0 spiro atoms. The molecule has 1 aromatic heterocycles. The average Bonchev–Trinajstić information content (AvgIpc) is 3.40. The monoisotopic (exact) mass is 368 g/mol. The Bertz CT molecular complexity index is 661. The smallest absolute Gasteiger partial charge is 0.191 e. The Morgan fingerprint density at radius 1 is 1.15 bits per heavy atom. The lowest BCUT2D eigenvalue weighted by Crippen LogP contribution is -2.39. The van der Waals surface area contributed by atoms with Crippen molar-refractivity contribution in [3.8, 4) is 0 Å². The first-order valence-corrected chi connectivity index (χ1v) is 10.2. The second-order valence-electron chi connectivity index (χ2n) is 6.94. The highest BCUT2D eigenvalue weighted by molar-refractivity contribution is 5.79. The van der Waals surface area contributed by atoms with Crippen LogP contribution < -0.4 is 10.6 Å². The van der Waals surface area contributed by atoms with Gasteiger partial charge in [0.15, 0.2) is 5.96 Å². The Labute approximate surface area is 162 Å². The number of rotatable bonds is 9. The number of nitrogens with zero attached hydrogens (tertiary/aromatic N) is 4. The fourth-order valence-corrected chi connectivity index (χ4v) is 3.56. The van der Waals surface area contributed by atoms with E-state index in [4.69, 9.17) is 4.99 Å². The molecule has 1 atom stereocenters. The van der Waals surface area contributed by atoms with Gasteiger partial charge in [0.05, 0.1) is 12.6 Å². The van der Waals surface area contributed by atoms with E-state index in [2.05, 4.69) is 57.9 Å². The summed E-state index contributed by atoms with van der Waals surface area (Å²) >= 11 is 0. The van der Waals surface area contributed by atoms with E-state index >= 15 is 0 Å². The summed E-state index contributed by atoms with van der Waals surface area (Å²) in [5.74, 6) is 0.901. The summed E-state index contributed by atoms with van der Waals surface area (Å²) in [6, 6.07) is 13.1. The SMILES string of the molecule is CCNC(=NCC(c1ccccc1)N1CCCC1)NCCCn1cccn1.